The number of fused-ring (bicyclic) bond motifs is 1. The molecule has 1 aliphatic rings. The maximum Gasteiger partial charge on any atom is 0.195 e. The summed E-state index contributed by atoms with van der Waals surface area (Å²) >= 11 is 4.96. The molecule has 1 aromatic rings. The van der Waals surface area contributed by atoms with Crippen LogP contribution in [0.5, 0.6) is 0 Å². The van der Waals surface area contributed by atoms with Gasteiger partial charge in [0.05, 0.1) is 0 Å². The zero-order valence-electron chi connectivity index (χ0n) is 4.92. The molecule has 48 valence electrons. The molecule has 0 unspecified atom stereocenters. The smallest absolute Gasteiger partial charge is 0.195 e. The summed E-state index contributed by atoms with van der Waals surface area (Å²) < 4.78 is 2.82. The standard InChI is InChI=1S/C5H7N3S/c9-5-7-6-4-2-1-3-8(4)5/h1-3H2,(H,7,9). The van der Waals surface area contributed by atoms with Gasteiger partial charge in [-0.2, -0.15) is 5.10 Å². The molecule has 2 rings (SSSR count). The second kappa shape index (κ2) is 1.67. The highest BCUT2D eigenvalue weighted by Crippen LogP contribution is 2.10. The van der Waals surface area contributed by atoms with Gasteiger partial charge in [-0.3, -0.25) is 5.10 Å². The van der Waals surface area contributed by atoms with E-state index in [0.717, 1.165) is 23.6 Å². The summed E-state index contributed by atoms with van der Waals surface area (Å²) in [5.41, 5.74) is 0. The molecule has 2 heterocycles. The Morgan fingerprint density at radius 3 is 3.33 bits per heavy atom. The minimum atomic E-state index is 0.766. The van der Waals surface area contributed by atoms with E-state index in [1.807, 2.05) is 0 Å². The van der Waals surface area contributed by atoms with Crippen LogP contribution in [0.15, 0.2) is 0 Å². The highest BCUT2D eigenvalue weighted by molar-refractivity contribution is 7.71. The molecule has 1 aliphatic heterocycles. The SMILES string of the molecule is S=c1[nH]nc2n1CCC2. The first-order valence-corrected chi connectivity index (χ1v) is 3.43. The number of H-pyrrole nitrogens is 1. The van der Waals surface area contributed by atoms with Crippen molar-refractivity contribution in [1.29, 1.82) is 0 Å². The fraction of sp³-hybridized carbons (Fsp3) is 0.600. The zero-order chi connectivity index (χ0) is 6.27. The number of rotatable bonds is 0. The van der Waals surface area contributed by atoms with E-state index in [1.54, 1.807) is 0 Å². The first kappa shape index (κ1) is 5.17. The lowest BCUT2D eigenvalue weighted by molar-refractivity contribution is 0.731. The van der Waals surface area contributed by atoms with Gasteiger partial charge in [0.2, 0.25) is 0 Å². The van der Waals surface area contributed by atoms with Crippen LogP contribution in [-0.2, 0) is 13.0 Å². The van der Waals surface area contributed by atoms with Crippen molar-refractivity contribution in [2.24, 2.45) is 0 Å². The van der Waals surface area contributed by atoms with Crippen molar-refractivity contribution in [3.8, 4) is 0 Å². The van der Waals surface area contributed by atoms with Crippen LogP contribution in [0.3, 0.4) is 0 Å². The second-order valence-corrected chi connectivity index (χ2v) is 2.59. The fourth-order valence-electron chi connectivity index (χ4n) is 1.17. The number of aromatic amines is 1. The predicted octanol–water partition coefficient (Wildman–Crippen LogP) is 0.887. The molecule has 0 bridgehead atoms. The van der Waals surface area contributed by atoms with E-state index in [1.165, 1.54) is 6.42 Å². The van der Waals surface area contributed by atoms with E-state index in [4.69, 9.17) is 12.2 Å². The van der Waals surface area contributed by atoms with Crippen LogP contribution in [0.25, 0.3) is 0 Å². The van der Waals surface area contributed by atoms with Gasteiger partial charge in [0, 0.05) is 13.0 Å². The van der Waals surface area contributed by atoms with Gasteiger partial charge in [0.1, 0.15) is 5.82 Å². The zero-order valence-corrected chi connectivity index (χ0v) is 5.74. The summed E-state index contributed by atoms with van der Waals surface area (Å²) in [6.45, 7) is 1.05. The average Bonchev–Trinajstić information content (AvgIpc) is 2.35. The van der Waals surface area contributed by atoms with E-state index in [9.17, 15) is 0 Å². The highest BCUT2D eigenvalue weighted by atomic mass is 32.1. The Balaban J connectivity index is 2.70. The third kappa shape index (κ3) is 0.627. The van der Waals surface area contributed by atoms with Crippen LogP contribution in [0.2, 0.25) is 0 Å². The summed E-state index contributed by atoms with van der Waals surface area (Å²) in [4.78, 5) is 0. The van der Waals surface area contributed by atoms with Gasteiger partial charge < -0.3 is 4.57 Å². The average molecular weight is 141 g/mol. The molecular weight excluding hydrogens is 134 g/mol. The summed E-state index contributed by atoms with van der Waals surface area (Å²) in [6.07, 6.45) is 2.27. The molecule has 0 amide bonds. The Bertz CT molecular complexity index is 272. The van der Waals surface area contributed by atoms with Gasteiger partial charge in [-0.05, 0) is 18.6 Å². The maximum absolute atomic E-state index is 4.96. The van der Waals surface area contributed by atoms with Gasteiger partial charge in [0.15, 0.2) is 4.77 Å². The normalized spacial score (nSPS) is 16.0. The molecule has 3 nitrogen and oxygen atoms in total. The van der Waals surface area contributed by atoms with Crippen molar-refractivity contribution in [2.75, 3.05) is 0 Å². The van der Waals surface area contributed by atoms with Gasteiger partial charge in [-0.1, -0.05) is 0 Å². The van der Waals surface area contributed by atoms with E-state index >= 15 is 0 Å². The lowest BCUT2D eigenvalue weighted by Gasteiger charge is -1.87. The van der Waals surface area contributed by atoms with Crippen molar-refractivity contribution in [1.82, 2.24) is 14.8 Å². The molecular formula is C5H7N3S. The van der Waals surface area contributed by atoms with Crippen LogP contribution in [-0.4, -0.2) is 14.8 Å². The van der Waals surface area contributed by atoms with Crippen LogP contribution >= 0.6 is 12.2 Å². The number of hydrogen-bond acceptors (Lipinski definition) is 2. The van der Waals surface area contributed by atoms with Crippen LogP contribution < -0.4 is 0 Å². The molecule has 0 aliphatic carbocycles. The molecule has 0 radical (unpaired) electrons. The summed E-state index contributed by atoms with van der Waals surface area (Å²) in [7, 11) is 0. The molecule has 0 saturated heterocycles. The maximum atomic E-state index is 4.96. The summed E-state index contributed by atoms with van der Waals surface area (Å²) in [6, 6.07) is 0. The Kier molecular flexibility index (Phi) is 0.958. The molecule has 4 heteroatoms. The third-order valence-corrected chi connectivity index (χ3v) is 1.93. The Labute approximate surface area is 57.7 Å². The topological polar surface area (TPSA) is 33.6 Å². The first-order chi connectivity index (χ1) is 4.38. The summed E-state index contributed by atoms with van der Waals surface area (Å²) in [5.74, 6) is 1.11. The highest BCUT2D eigenvalue weighted by Gasteiger charge is 2.11. The van der Waals surface area contributed by atoms with Gasteiger partial charge >= 0.3 is 0 Å². The van der Waals surface area contributed by atoms with Crippen molar-refractivity contribution in [3.05, 3.63) is 10.6 Å². The Morgan fingerprint density at radius 1 is 1.67 bits per heavy atom. The van der Waals surface area contributed by atoms with Gasteiger partial charge in [-0.15, -0.1) is 0 Å². The van der Waals surface area contributed by atoms with E-state index in [2.05, 4.69) is 14.8 Å². The molecule has 1 N–H and O–H groups in total. The molecule has 0 atom stereocenters. The van der Waals surface area contributed by atoms with E-state index < -0.39 is 0 Å². The Morgan fingerprint density at radius 2 is 2.56 bits per heavy atom. The van der Waals surface area contributed by atoms with Gasteiger partial charge in [0.25, 0.3) is 0 Å². The van der Waals surface area contributed by atoms with Crippen molar-refractivity contribution < 1.29 is 0 Å². The van der Waals surface area contributed by atoms with Gasteiger partial charge in [-0.25, -0.2) is 0 Å². The molecule has 1 aromatic heterocycles. The molecule has 0 spiro atoms. The lowest BCUT2D eigenvalue weighted by Crippen LogP contribution is -1.90. The fourth-order valence-corrected chi connectivity index (χ4v) is 1.41. The third-order valence-electron chi connectivity index (χ3n) is 1.62. The lowest BCUT2D eigenvalue weighted by atomic mass is 10.4. The molecule has 0 aromatic carbocycles. The number of nitrogens with one attached hydrogen (secondary N) is 1. The number of aromatic nitrogens is 3. The quantitative estimate of drug-likeness (QED) is 0.544. The minimum Gasteiger partial charge on any atom is -0.304 e. The van der Waals surface area contributed by atoms with Crippen molar-refractivity contribution >= 4 is 12.2 Å². The molecule has 0 saturated carbocycles. The number of aryl methyl sites for hydroxylation is 1. The van der Waals surface area contributed by atoms with E-state index in [-0.39, 0.29) is 0 Å². The monoisotopic (exact) mass is 141 g/mol. The molecule has 0 fully saturated rings. The summed E-state index contributed by atoms with van der Waals surface area (Å²) in [5, 5.41) is 6.80. The number of nitrogens with zero attached hydrogens (tertiary/aromatic N) is 2. The minimum absolute atomic E-state index is 0.766. The van der Waals surface area contributed by atoms with Crippen molar-refractivity contribution in [2.45, 2.75) is 19.4 Å². The van der Waals surface area contributed by atoms with Crippen LogP contribution in [0.1, 0.15) is 12.2 Å². The molecule has 9 heavy (non-hydrogen) atoms. The largest absolute Gasteiger partial charge is 0.304 e. The van der Waals surface area contributed by atoms with E-state index in [0.29, 0.717) is 0 Å². The predicted molar refractivity (Wildman–Crippen MR) is 35.7 cm³/mol. The van der Waals surface area contributed by atoms with Crippen LogP contribution in [0, 0.1) is 4.77 Å². The van der Waals surface area contributed by atoms with Crippen LogP contribution in [0.4, 0.5) is 0 Å². The second-order valence-electron chi connectivity index (χ2n) is 2.20. The number of hydrogen-bond donors (Lipinski definition) is 1. The first-order valence-electron chi connectivity index (χ1n) is 3.02. The van der Waals surface area contributed by atoms with Crippen molar-refractivity contribution in [3.63, 3.8) is 0 Å². The Hall–Kier alpha value is -0.640.